The maximum absolute atomic E-state index is 12.5. The molecule has 0 aromatic heterocycles. The molecule has 0 fully saturated rings. The molecule has 4 nitrogen and oxygen atoms in total. The van der Waals surface area contributed by atoms with Gasteiger partial charge in [0, 0.05) is 32.0 Å². The summed E-state index contributed by atoms with van der Waals surface area (Å²) < 4.78 is 5.10. The van der Waals surface area contributed by atoms with Gasteiger partial charge >= 0.3 is 0 Å². The molecule has 1 aromatic rings. The van der Waals surface area contributed by atoms with Crippen LogP contribution in [0.15, 0.2) is 18.2 Å². The van der Waals surface area contributed by atoms with E-state index >= 15 is 0 Å². The summed E-state index contributed by atoms with van der Waals surface area (Å²) in [5.41, 5.74) is 2.80. The van der Waals surface area contributed by atoms with Crippen molar-refractivity contribution in [1.82, 2.24) is 4.90 Å². The molecule has 0 aliphatic heterocycles. The van der Waals surface area contributed by atoms with Crippen molar-refractivity contribution in [1.29, 1.82) is 0 Å². The van der Waals surface area contributed by atoms with Crippen molar-refractivity contribution < 1.29 is 9.53 Å². The maximum atomic E-state index is 12.5. The van der Waals surface area contributed by atoms with E-state index < -0.39 is 0 Å². The summed E-state index contributed by atoms with van der Waals surface area (Å²) in [7, 11) is 3.46. The molecule has 0 bridgehead atoms. The molecule has 0 heterocycles. The first-order valence-corrected chi connectivity index (χ1v) is 7.11. The van der Waals surface area contributed by atoms with E-state index in [9.17, 15) is 4.79 Å². The quantitative estimate of drug-likeness (QED) is 0.834. The van der Waals surface area contributed by atoms with Crippen LogP contribution in [0.5, 0.6) is 0 Å². The molecule has 0 saturated heterocycles. The molecule has 0 saturated carbocycles. The van der Waals surface area contributed by atoms with Gasteiger partial charge in [0.25, 0.3) is 5.91 Å². The van der Waals surface area contributed by atoms with E-state index in [2.05, 4.69) is 12.2 Å². The molecule has 1 atom stereocenters. The summed E-state index contributed by atoms with van der Waals surface area (Å²) >= 11 is 0. The van der Waals surface area contributed by atoms with Gasteiger partial charge in [-0.15, -0.1) is 0 Å². The van der Waals surface area contributed by atoms with Gasteiger partial charge in [0.05, 0.1) is 12.6 Å². The second-order valence-corrected chi connectivity index (χ2v) is 5.18. The number of rotatable bonds is 7. The second kappa shape index (κ2) is 7.90. The SMILES string of the molecule is CCCNc1ccc(C(=O)N(C)C(C)COC)c(C)c1. The molecule has 0 aliphatic rings. The number of nitrogens with zero attached hydrogens (tertiary/aromatic N) is 1. The van der Waals surface area contributed by atoms with Crippen LogP contribution in [0.1, 0.15) is 36.2 Å². The van der Waals surface area contributed by atoms with Crippen LogP contribution in [0.3, 0.4) is 0 Å². The zero-order valence-electron chi connectivity index (χ0n) is 13.2. The van der Waals surface area contributed by atoms with Crippen molar-refractivity contribution >= 4 is 11.6 Å². The van der Waals surface area contributed by atoms with Gasteiger partial charge in [-0.25, -0.2) is 0 Å². The molecule has 1 unspecified atom stereocenters. The lowest BCUT2D eigenvalue weighted by molar-refractivity contribution is 0.0633. The fraction of sp³-hybridized carbons (Fsp3) is 0.562. The highest BCUT2D eigenvalue weighted by Gasteiger charge is 2.18. The summed E-state index contributed by atoms with van der Waals surface area (Å²) in [4.78, 5) is 14.2. The molecule has 1 amide bonds. The van der Waals surface area contributed by atoms with Gasteiger partial charge in [0.15, 0.2) is 0 Å². The van der Waals surface area contributed by atoms with Crippen molar-refractivity contribution in [3.8, 4) is 0 Å². The number of ether oxygens (including phenoxy) is 1. The number of hydrogen-bond acceptors (Lipinski definition) is 3. The van der Waals surface area contributed by atoms with E-state index in [-0.39, 0.29) is 11.9 Å². The smallest absolute Gasteiger partial charge is 0.254 e. The molecular formula is C16H26N2O2. The minimum Gasteiger partial charge on any atom is -0.385 e. The fourth-order valence-corrected chi connectivity index (χ4v) is 2.03. The van der Waals surface area contributed by atoms with E-state index in [1.807, 2.05) is 39.1 Å². The van der Waals surface area contributed by atoms with E-state index in [0.717, 1.165) is 29.8 Å². The van der Waals surface area contributed by atoms with E-state index in [4.69, 9.17) is 4.74 Å². The van der Waals surface area contributed by atoms with Crippen LogP contribution in [0.2, 0.25) is 0 Å². The molecule has 0 radical (unpaired) electrons. The third kappa shape index (κ3) is 4.23. The average Bonchev–Trinajstić information content (AvgIpc) is 2.44. The highest BCUT2D eigenvalue weighted by molar-refractivity contribution is 5.96. The van der Waals surface area contributed by atoms with Crippen molar-refractivity contribution in [2.45, 2.75) is 33.2 Å². The zero-order valence-corrected chi connectivity index (χ0v) is 13.2. The second-order valence-electron chi connectivity index (χ2n) is 5.18. The average molecular weight is 278 g/mol. The molecule has 4 heteroatoms. The number of anilines is 1. The highest BCUT2D eigenvalue weighted by Crippen LogP contribution is 2.17. The molecule has 112 valence electrons. The number of benzene rings is 1. The van der Waals surface area contributed by atoms with Gasteiger partial charge in [-0.05, 0) is 44.0 Å². The number of nitrogens with one attached hydrogen (secondary N) is 1. The first-order valence-electron chi connectivity index (χ1n) is 7.11. The normalized spacial score (nSPS) is 12.1. The molecule has 1 N–H and O–H groups in total. The van der Waals surface area contributed by atoms with Gasteiger partial charge in [-0.1, -0.05) is 6.92 Å². The molecule has 1 rings (SSSR count). The van der Waals surface area contributed by atoms with Crippen LogP contribution in [-0.4, -0.2) is 44.2 Å². The van der Waals surface area contributed by atoms with Crippen LogP contribution in [0.4, 0.5) is 5.69 Å². The summed E-state index contributed by atoms with van der Waals surface area (Å²) in [6, 6.07) is 5.94. The standard InChI is InChI=1S/C16H26N2O2/c1-6-9-17-14-7-8-15(12(2)10-14)16(19)18(4)13(3)11-20-5/h7-8,10,13,17H,6,9,11H2,1-5H3. The number of likely N-dealkylation sites (N-methyl/N-ethyl adjacent to an activating group) is 1. The maximum Gasteiger partial charge on any atom is 0.254 e. The van der Waals surface area contributed by atoms with Gasteiger partial charge in [-0.3, -0.25) is 4.79 Å². The molecule has 0 aliphatic carbocycles. The van der Waals surface area contributed by atoms with Gasteiger partial charge in [0.1, 0.15) is 0 Å². The molecule has 20 heavy (non-hydrogen) atoms. The van der Waals surface area contributed by atoms with E-state index in [1.54, 1.807) is 12.0 Å². The topological polar surface area (TPSA) is 41.6 Å². The first-order chi connectivity index (χ1) is 9.51. The predicted molar refractivity (Wildman–Crippen MR) is 83.4 cm³/mol. The Bertz CT molecular complexity index is 446. The number of carbonyl (C=O) groups is 1. The minimum atomic E-state index is 0.0362. The van der Waals surface area contributed by atoms with Crippen LogP contribution < -0.4 is 5.32 Å². The summed E-state index contributed by atoms with van der Waals surface area (Å²) in [5, 5.41) is 3.33. The lowest BCUT2D eigenvalue weighted by atomic mass is 10.1. The van der Waals surface area contributed by atoms with Gasteiger partial charge < -0.3 is 15.0 Å². The summed E-state index contributed by atoms with van der Waals surface area (Å²) in [6.07, 6.45) is 1.08. The predicted octanol–water partition coefficient (Wildman–Crippen LogP) is 2.92. The Labute approximate surface area is 122 Å². The fourth-order valence-electron chi connectivity index (χ4n) is 2.03. The molecule has 1 aromatic carbocycles. The Morgan fingerprint density at radius 2 is 2.15 bits per heavy atom. The lowest BCUT2D eigenvalue weighted by Gasteiger charge is -2.25. The molecule has 0 spiro atoms. The number of methoxy groups -OCH3 is 1. The molecular weight excluding hydrogens is 252 g/mol. The third-order valence-corrected chi connectivity index (χ3v) is 3.43. The third-order valence-electron chi connectivity index (χ3n) is 3.43. The number of aryl methyl sites for hydroxylation is 1. The Balaban J connectivity index is 2.83. The minimum absolute atomic E-state index is 0.0362. The van der Waals surface area contributed by atoms with Crippen molar-refractivity contribution in [3.63, 3.8) is 0 Å². The monoisotopic (exact) mass is 278 g/mol. The Morgan fingerprint density at radius 1 is 1.45 bits per heavy atom. The van der Waals surface area contributed by atoms with Gasteiger partial charge in [0.2, 0.25) is 0 Å². The number of amides is 1. The first kappa shape index (κ1) is 16.5. The van der Waals surface area contributed by atoms with E-state index in [1.165, 1.54) is 0 Å². The van der Waals surface area contributed by atoms with E-state index in [0.29, 0.717) is 6.61 Å². The number of carbonyl (C=O) groups excluding carboxylic acids is 1. The summed E-state index contributed by atoms with van der Waals surface area (Å²) in [5.74, 6) is 0.0362. The van der Waals surface area contributed by atoms with Crippen LogP contribution >= 0.6 is 0 Å². The van der Waals surface area contributed by atoms with Crippen molar-refractivity contribution in [3.05, 3.63) is 29.3 Å². The lowest BCUT2D eigenvalue weighted by Crippen LogP contribution is -2.38. The van der Waals surface area contributed by atoms with Crippen LogP contribution in [0.25, 0.3) is 0 Å². The largest absolute Gasteiger partial charge is 0.385 e. The van der Waals surface area contributed by atoms with Crippen LogP contribution in [0, 0.1) is 6.92 Å². The zero-order chi connectivity index (χ0) is 15.1. The highest BCUT2D eigenvalue weighted by atomic mass is 16.5. The van der Waals surface area contributed by atoms with Gasteiger partial charge in [-0.2, -0.15) is 0 Å². The summed E-state index contributed by atoms with van der Waals surface area (Å²) in [6.45, 7) is 7.56. The Kier molecular flexibility index (Phi) is 6.52. The number of hydrogen-bond donors (Lipinski definition) is 1. The van der Waals surface area contributed by atoms with Crippen LogP contribution in [-0.2, 0) is 4.74 Å². The van der Waals surface area contributed by atoms with Crippen molar-refractivity contribution in [2.24, 2.45) is 0 Å². The van der Waals surface area contributed by atoms with Crippen molar-refractivity contribution in [2.75, 3.05) is 32.6 Å². The Morgan fingerprint density at radius 3 is 2.70 bits per heavy atom. The Hall–Kier alpha value is -1.55.